The van der Waals surface area contributed by atoms with Crippen molar-refractivity contribution < 1.29 is 13.9 Å². The van der Waals surface area contributed by atoms with Crippen LogP contribution in [0.15, 0.2) is 48.5 Å². The summed E-state index contributed by atoms with van der Waals surface area (Å²) in [5, 5.41) is 0. The van der Waals surface area contributed by atoms with Gasteiger partial charge in [-0.25, -0.2) is 0 Å². The first-order valence-corrected chi connectivity index (χ1v) is 6.90. The van der Waals surface area contributed by atoms with Crippen LogP contribution in [0, 0.1) is 0 Å². The standard InChI is InChI=1S/C17H20FNO2/c1-20-16-8-7-14(15(19)9-10-18)11-17(16)21-12-13-5-3-2-4-6-13/h2-8,11,15H,9-10,12,19H2,1H3/t15-/m0/s1. The second kappa shape index (κ2) is 7.64. The summed E-state index contributed by atoms with van der Waals surface area (Å²) < 4.78 is 23.5. The molecule has 0 amide bonds. The summed E-state index contributed by atoms with van der Waals surface area (Å²) in [5.74, 6) is 1.26. The fourth-order valence-electron chi connectivity index (χ4n) is 2.06. The molecule has 0 aliphatic heterocycles. The van der Waals surface area contributed by atoms with Crippen LogP contribution in [0.3, 0.4) is 0 Å². The SMILES string of the molecule is COc1ccc([C@@H](N)CCF)cc1OCc1ccccc1. The van der Waals surface area contributed by atoms with Crippen molar-refractivity contribution in [3.63, 3.8) is 0 Å². The fraction of sp³-hybridized carbons (Fsp3) is 0.294. The van der Waals surface area contributed by atoms with E-state index in [2.05, 4.69) is 0 Å². The molecule has 2 aromatic carbocycles. The van der Waals surface area contributed by atoms with Crippen LogP contribution in [0.1, 0.15) is 23.6 Å². The Hall–Kier alpha value is -2.07. The van der Waals surface area contributed by atoms with E-state index in [1.54, 1.807) is 13.2 Å². The molecule has 112 valence electrons. The summed E-state index contributed by atoms with van der Waals surface area (Å²) in [6, 6.07) is 15.0. The number of ether oxygens (including phenoxy) is 2. The molecule has 0 radical (unpaired) electrons. The zero-order valence-electron chi connectivity index (χ0n) is 12.1. The highest BCUT2D eigenvalue weighted by Crippen LogP contribution is 2.31. The van der Waals surface area contributed by atoms with Gasteiger partial charge in [-0.2, -0.15) is 0 Å². The summed E-state index contributed by atoms with van der Waals surface area (Å²) in [6.07, 6.45) is 0.296. The molecule has 0 heterocycles. The molecule has 0 spiro atoms. The summed E-state index contributed by atoms with van der Waals surface area (Å²) in [7, 11) is 1.59. The Morgan fingerprint density at radius 1 is 1.10 bits per heavy atom. The largest absolute Gasteiger partial charge is 0.493 e. The van der Waals surface area contributed by atoms with Crippen molar-refractivity contribution in [1.82, 2.24) is 0 Å². The summed E-state index contributed by atoms with van der Waals surface area (Å²) >= 11 is 0. The van der Waals surface area contributed by atoms with Crippen molar-refractivity contribution in [2.45, 2.75) is 19.1 Å². The van der Waals surface area contributed by atoms with E-state index in [-0.39, 0.29) is 6.04 Å². The first-order chi connectivity index (χ1) is 10.2. The van der Waals surface area contributed by atoms with E-state index in [1.807, 2.05) is 42.5 Å². The highest BCUT2D eigenvalue weighted by molar-refractivity contribution is 5.44. The smallest absolute Gasteiger partial charge is 0.161 e. The highest BCUT2D eigenvalue weighted by atomic mass is 19.1. The lowest BCUT2D eigenvalue weighted by atomic mass is 10.0. The highest BCUT2D eigenvalue weighted by Gasteiger charge is 2.11. The van der Waals surface area contributed by atoms with Gasteiger partial charge in [-0.1, -0.05) is 36.4 Å². The van der Waals surface area contributed by atoms with Crippen molar-refractivity contribution in [3.05, 3.63) is 59.7 Å². The van der Waals surface area contributed by atoms with Gasteiger partial charge in [0.05, 0.1) is 13.8 Å². The molecule has 2 N–H and O–H groups in total. The zero-order chi connectivity index (χ0) is 15.1. The topological polar surface area (TPSA) is 44.5 Å². The quantitative estimate of drug-likeness (QED) is 0.846. The molecule has 0 bridgehead atoms. The van der Waals surface area contributed by atoms with E-state index in [0.29, 0.717) is 24.5 Å². The maximum atomic E-state index is 12.4. The van der Waals surface area contributed by atoms with Crippen LogP contribution in [-0.4, -0.2) is 13.8 Å². The predicted molar refractivity (Wildman–Crippen MR) is 81.3 cm³/mol. The Balaban J connectivity index is 2.14. The summed E-state index contributed by atoms with van der Waals surface area (Å²) in [4.78, 5) is 0. The third-order valence-corrected chi connectivity index (χ3v) is 3.27. The monoisotopic (exact) mass is 289 g/mol. The lowest BCUT2D eigenvalue weighted by molar-refractivity contribution is 0.284. The van der Waals surface area contributed by atoms with Crippen LogP contribution >= 0.6 is 0 Å². The number of halogens is 1. The van der Waals surface area contributed by atoms with Gasteiger partial charge in [-0.05, 0) is 29.7 Å². The van der Waals surface area contributed by atoms with E-state index in [9.17, 15) is 4.39 Å². The van der Waals surface area contributed by atoms with Gasteiger partial charge in [0.25, 0.3) is 0 Å². The van der Waals surface area contributed by atoms with Crippen LogP contribution < -0.4 is 15.2 Å². The molecule has 0 saturated heterocycles. The third kappa shape index (κ3) is 4.20. The van der Waals surface area contributed by atoms with Crippen molar-refractivity contribution in [3.8, 4) is 11.5 Å². The Labute approximate surface area is 124 Å². The normalized spacial score (nSPS) is 12.0. The molecule has 0 unspecified atom stereocenters. The molecule has 2 aromatic rings. The van der Waals surface area contributed by atoms with Crippen molar-refractivity contribution in [2.24, 2.45) is 5.73 Å². The number of methoxy groups -OCH3 is 1. The molecule has 0 aliphatic carbocycles. The van der Waals surface area contributed by atoms with Gasteiger partial charge < -0.3 is 15.2 Å². The summed E-state index contributed by atoms with van der Waals surface area (Å²) in [6.45, 7) is 0.00635. The van der Waals surface area contributed by atoms with Gasteiger partial charge in [0.2, 0.25) is 0 Å². The molecule has 21 heavy (non-hydrogen) atoms. The van der Waals surface area contributed by atoms with Crippen molar-refractivity contribution in [1.29, 1.82) is 0 Å². The van der Waals surface area contributed by atoms with Gasteiger partial charge in [-0.3, -0.25) is 4.39 Å². The lowest BCUT2D eigenvalue weighted by Gasteiger charge is -2.15. The van der Waals surface area contributed by atoms with Crippen LogP contribution in [-0.2, 0) is 6.61 Å². The van der Waals surface area contributed by atoms with Crippen molar-refractivity contribution in [2.75, 3.05) is 13.8 Å². The molecule has 0 aromatic heterocycles. The number of alkyl halides is 1. The van der Waals surface area contributed by atoms with Crippen LogP contribution in [0.25, 0.3) is 0 Å². The lowest BCUT2D eigenvalue weighted by Crippen LogP contribution is -2.11. The molecule has 0 saturated carbocycles. The average molecular weight is 289 g/mol. The third-order valence-electron chi connectivity index (χ3n) is 3.27. The Bertz CT molecular complexity index is 560. The van der Waals surface area contributed by atoms with E-state index in [1.165, 1.54) is 0 Å². The maximum absolute atomic E-state index is 12.4. The predicted octanol–water partition coefficient (Wildman–Crippen LogP) is 3.63. The minimum absolute atomic E-state index is 0.296. The van der Waals surface area contributed by atoms with Crippen LogP contribution in [0.4, 0.5) is 4.39 Å². The Kier molecular flexibility index (Phi) is 5.58. The first kappa shape index (κ1) is 15.3. The summed E-state index contributed by atoms with van der Waals surface area (Å²) in [5.41, 5.74) is 7.85. The fourth-order valence-corrected chi connectivity index (χ4v) is 2.06. The average Bonchev–Trinajstić information content (AvgIpc) is 2.54. The van der Waals surface area contributed by atoms with Gasteiger partial charge in [0, 0.05) is 6.04 Å². The second-order valence-electron chi connectivity index (χ2n) is 4.77. The molecule has 4 heteroatoms. The van der Waals surface area contributed by atoms with E-state index in [4.69, 9.17) is 15.2 Å². The second-order valence-corrected chi connectivity index (χ2v) is 4.77. The molecule has 0 aliphatic rings. The van der Waals surface area contributed by atoms with Crippen LogP contribution in [0.5, 0.6) is 11.5 Å². The van der Waals surface area contributed by atoms with Crippen LogP contribution in [0.2, 0.25) is 0 Å². The minimum Gasteiger partial charge on any atom is -0.493 e. The molecule has 2 rings (SSSR count). The van der Waals surface area contributed by atoms with Gasteiger partial charge in [-0.15, -0.1) is 0 Å². The number of benzene rings is 2. The number of rotatable bonds is 7. The van der Waals surface area contributed by atoms with Gasteiger partial charge in [0.15, 0.2) is 11.5 Å². The Morgan fingerprint density at radius 2 is 1.86 bits per heavy atom. The van der Waals surface area contributed by atoms with Gasteiger partial charge in [0.1, 0.15) is 6.61 Å². The van der Waals surface area contributed by atoms with Crippen molar-refractivity contribution >= 4 is 0 Å². The zero-order valence-corrected chi connectivity index (χ0v) is 12.1. The number of nitrogens with two attached hydrogens (primary N) is 1. The molecule has 3 nitrogen and oxygen atoms in total. The van der Waals surface area contributed by atoms with Gasteiger partial charge >= 0.3 is 0 Å². The molecular formula is C17H20FNO2. The minimum atomic E-state index is -0.437. The number of hydrogen-bond donors (Lipinski definition) is 1. The molecule has 0 fully saturated rings. The van der Waals surface area contributed by atoms with E-state index < -0.39 is 6.67 Å². The van der Waals surface area contributed by atoms with E-state index >= 15 is 0 Å². The molecule has 1 atom stereocenters. The van der Waals surface area contributed by atoms with E-state index in [0.717, 1.165) is 11.1 Å². The Morgan fingerprint density at radius 3 is 2.52 bits per heavy atom. The molecular weight excluding hydrogens is 269 g/mol. The first-order valence-electron chi connectivity index (χ1n) is 6.90. The maximum Gasteiger partial charge on any atom is 0.161 e. The number of hydrogen-bond acceptors (Lipinski definition) is 3.